The van der Waals surface area contributed by atoms with Gasteiger partial charge in [0.1, 0.15) is 0 Å². The monoisotopic (exact) mass is 306 g/mol. The van der Waals surface area contributed by atoms with Crippen molar-refractivity contribution in [3.8, 4) is 6.07 Å². The summed E-state index contributed by atoms with van der Waals surface area (Å²) < 4.78 is 1.12. The summed E-state index contributed by atoms with van der Waals surface area (Å²) in [5.41, 5.74) is 2.37. The van der Waals surface area contributed by atoms with Gasteiger partial charge in [-0.15, -0.1) is 0 Å². The molecular formula is C15H19BrN2. The van der Waals surface area contributed by atoms with Crippen LogP contribution in [0.25, 0.3) is 0 Å². The summed E-state index contributed by atoms with van der Waals surface area (Å²) >= 11 is 3.55. The van der Waals surface area contributed by atoms with Crippen molar-refractivity contribution in [1.82, 2.24) is 0 Å². The summed E-state index contributed by atoms with van der Waals surface area (Å²) in [6.07, 6.45) is 5.80. The van der Waals surface area contributed by atoms with E-state index in [2.05, 4.69) is 46.4 Å². The minimum atomic E-state index is 0.144. The number of hydrogen-bond acceptors (Lipinski definition) is 2. The maximum atomic E-state index is 9.29. The molecule has 96 valence electrons. The van der Waals surface area contributed by atoms with Gasteiger partial charge in [-0.2, -0.15) is 5.26 Å². The predicted octanol–water partition coefficient (Wildman–Crippen LogP) is 4.64. The molecule has 0 aromatic heterocycles. The number of benzene rings is 1. The molecule has 0 heterocycles. The number of halogens is 1. The van der Waals surface area contributed by atoms with E-state index in [4.69, 9.17) is 0 Å². The SMILES string of the molecule is Cc1c(Br)cccc1NC1CCCCCC1C#N. The summed E-state index contributed by atoms with van der Waals surface area (Å²) in [5, 5.41) is 12.9. The molecule has 18 heavy (non-hydrogen) atoms. The average Bonchev–Trinajstić information content (AvgIpc) is 2.60. The number of rotatable bonds is 2. The van der Waals surface area contributed by atoms with Gasteiger partial charge < -0.3 is 5.32 Å². The van der Waals surface area contributed by atoms with Gasteiger partial charge in [0.15, 0.2) is 0 Å². The molecule has 0 amide bonds. The summed E-state index contributed by atoms with van der Waals surface area (Å²) in [7, 11) is 0. The smallest absolute Gasteiger partial charge is 0.0677 e. The van der Waals surface area contributed by atoms with Crippen LogP contribution in [0.2, 0.25) is 0 Å². The fourth-order valence-corrected chi connectivity index (χ4v) is 2.96. The van der Waals surface area contributed by atoms with Gasteiger partial charge in [0, 0.05) is 16.2 Å². The van der Waals surface area contributed by atoms with Crippen molar-refractivity contribution in [3.63, 3.8) is 0 Å². The Bertz CT molecular complexity index is 450. The minimum Gasteiger partial charge on any atom is -0.381 e. The maximum Gasteiger partial charge on any atom is 0.0677 e. The maximum absolute atomic E-state index is 9.29. The molecule has 1 aromatic carbocycles. The van der Waals surface area contributed by atoms with Gasteiger partial charge in [0.2, 0.25) is 0 Å². The third-order valence-electron chi connectivity index (χ3n) is 3.79. The van der Waals surface area contributed by atoms with Gasteiger partial charge in [-0.1, -0.05) is 41.3 Å². The first-order chi connectivity index (χ1) is 8.72. The number of nitrogens with zero attached hydrogens (tertiary/aromatic N) is 1. The van der Waals surface area contributed by atoms with Crippen LogP contribution in [0.1, 0.15) is 37.7 Å². The summed E-state index contributed by atoms with van der Waals surface area (Å²) in [6.45, 7) is 2.10. The Kier molecular flexibility index (Phi) is 4.66. The van der Waals surface area contributed by atoms with Gasteiger partial charge >= 0.3 is 0 Å². The Morgan fingerprint density at radius 2 is 2.06 bits per heavy atom. The van der Waals surface area contributed by atoms with E-state index in [9.17, 15) is 5.26 Å². The highest BCUT2D eigenvalue weighted by Crippen LogP contribution is 2.29. The van der Waals surface area contributed by atoms with E-state index in [0.29, 0.717) is 6.04 Å². The third-order valence-corrected chi connectivity index (χ3v) is 4.65. The normalized spacial score (nSPS) is 24.1. The Morgan fingerprint density at radius 3 is 2.83 bits per heavy atom. The highest BCUT2D eigenvalue weighted by Gasteiger charge is 2.23. The molecular weight excluding hydrogens is 288 g/mol. The lowest BCUT2D eigenvalue weighted by atomic mass is 9.96. The largest absolute Gasteiger partial charge is 0.381 e. The van der Waals surface area contributed by atoms with Gasteiger partial charge in [0.05, 0.1) is 12.0 Å². The summed E-state index contributed by atoms with van der Waals surface area (Å²) in [4.78, 5) is 0. The minimum absolute atomic E-state index is 0.144. The molecule has 1 aliphatic carbocycles. The van der Waals surface area contributed by atoms with E-state index in [1.807, 2.05) is 6.07 Å². The first kappa shape index (κ1) is 13.4. The van der Waals surface area contributed by atoms with Crippen LogP contribution in [-0.2, 0) is 0 Å². The number of anilines is 1. The lowest BCUT2D eigenvalue weighted by Crippen LogP contribution is -2.27. The average molecular weight is 307 g/mol. The standard InChI is InChI=1S/C15H19BrN2/c1-11-13(16)7-5-9-14(11)18-15-8-4-2-3-6-12(15)10-17/h5,7,9,12,15,18H,2-4,6,8H2,1H3. The van der Waals surface area contributed by atoms with Crippen molar-refractivity contribution in [3.05, 3.63) is 28.2 Å². The van der Waals surface area contributed by atoms with Crippen molar-refractivity contribution in [2.45, 2.75) is 45.1 Å². The zero-order chi connectivity index (χ0) is 13.0. The number of nitrogens with one attached hydrogen (secondary N) is 1. The fraction of sp³-hybridized carbons (Fsp3) is 0.533. The zero-order valence-corrected chi connectivity index (χ0v) is 12.3. The third kappa shape index (κ3) is 3.05. The second-order valence-electron chi connectivity index (χ2n) is 5.04. The fourth-order valence-electron chi connectivity index (χ4n) is 2.60. The second-order valence-corrected chi connectivity index (χ2v) is 5.89. The molecule has 2 atom stereocenters. The van der Waals surface area contributed by atoms with E-state index < -0.39 is 0 Å². The molecule has 2 nitrogen and oxygen atoms in total. The molecule has 0 saturated heterocycles. The van der Waals surface area contributed by atoms with E-state index >= 15 is 0 Å². The summed E-state index contributed by atoms with van der Waals surface area (Å²) in [5.74, 6) is 0.144. The number of nitriles is 1. The van der Waals surface area contributed by atoms with Crippen LogP contribution >= 0.6 is 15.9 Å². The molecule has 0 radical (unpaired) electrons. The molecule has 1 fully saturated rings. The molecule has 1 saturated carbocycles. The van der Waals surface area contributed by atoms with E-state index in [1.54, 1.807) is 0 Å². The van der Waals surface area contributed by atoms with Gasteiger partial charge in [-0.25, -0.2) is 0 Å². The number of hydrogen-bond donors (Lipinski definition) is 1. The molecule has 1 N–H and O–H groups in total. The van der Waals surface area contributed by atoms with Crippen molar-refractivity contribution in [1.29, 1.82) is 5.26 Å². The van der Waals surface area contributed by atoms with E-state index in [0.717, 1.165) is 23.0 Å². The topological polar surface area (TPSA) is 35.8 Å². The molecule has 0 spiro atoms. The first-order valence-electron chi connectivity index (χ1n) is 6.63. The zero-order valence-electron chi connectivity index (χ0n) is 10.7. The summed E-state index contributed by atoms with van der Waals surface area (Å²) in [6, 6.07) is 8.96. The molecule has 3 heteroatoms. The molecule has 0 aliphatic heterocycles. The second kappa shape index (κ2) is 6.24. The quantitative estimate of drug-likeness (QED) is 0.808. The molecule has 1 aliphatic rings. The van der Waals surface area contributed by atoms with Crippen molar-refractivity contribution >= 4 is 21.6 Å². The molecule has 0 bridgehead atoms. The van der Waals surface area contributed by atoms with E-state index in [-0.39, 0.29) is 5.92 Å². The van der Waals surface area contributed by atoms with Crippen LogP contribution in [0.15, 0.2) is 22.7 Å². The lowest BCUT2D eigenvalue weighted by molar-refractivity contribution is 0.514. The highest BCUT2D eigenvalue weighted by atomic mass is 79.9. The predicted molar refractivity (Wildman–Crippen MR) is 78.5 cm³/mol. The van der Waals surface area contributed by atoms with Crippen LogP contribution in [-0.4, -0.2) is 6.04 Å². The first-order valence-corrected chi connectivity index (χ1v) is 7.43. The van der Waals surface area contributed by atoms with E-state index in [1.165, 1.54) is 24.8 Å². The van der Waals surface area contributed by atoms with Gasteiger partial charge in [-0.3, -0.25) is 0 Å². The van der Waals surface area contributed by atoms with Crippen LogP contribution < -0.4 is 5.32 Å². The Morgan fingerprint density at radius 1 is 1.28 bits per heavy atom. The van der Waals surface area contributed by atoms with Crippen LogP contribution in [0.3, 0.4) is 0 Å². The Labute approximate surface area is 118 Å². The molecule has 2 unspecified atom stereocenters. The molecule has 1 aromatic rings. The van der Waals surface area contributed by atoms with Gasteiger partial charge in [-0.05, 0) is 37.5 Å². The Hall–Kier alpha value is -1.01. The van der Waals surface area contributed by atoms with Crippen LogP contribution in [0.5, 0.6) is 0 Å². The van der Waals surface area contributed by atoms with Crippen molar-refractivity contribution in [2.24, 2.45) is 5.92 Å². The van der Waals surface area contributed by atoms with Crippen LogP contribution in [0.4, 0.5) is 5.69 Å². The Balaban J connectivity index is 2.16. The van der Waals surface area contributed by atoms with Crippen molar-refractivity contribution in [2.75, 3.05) is 5.32 Å². The van der Waals surface area contributed by atoms with Crippen molar-refractivity contribution < 1.29 is 0 Å². The lowest BCUT2D eigenvalue weighted by Gasteiger charge is -2.23. The highest BCUT2D eigenvalue weighted by molar-refractivity contribution is 9.10. The van der Waals surface area contributed by atoms with Crippen LogP contribution in [0, 0.1) is 24.2 Å². The molecule has 2 rings (SSSR count). The van der Waals surface area contributed by atoms with Gasteiger partial charge in [0.25, 0.3) is 0 Å².